The number of carboxylic acids is 1. The van der Waals surface area contributed by atoms with Gasteiger partial charge in [0.25, 0.3) is 0 Å². The van der Waals surface area contributed by atoms with Crippen LogP contribution in [0.1, 0.15) is 32.1 Å². The second kappa shape index (κ2) is 3.29. The summed E-state index contributed by atoms with van der Waals surface area (Å²) in [6.07, 6.45) is 5.83. The van der Waals surface area contributed by atoms with E-state index in [0.717, 1.165) is 6.42 Å². The molecule has 1 aliphatic carbocycles. The number of hydrogen-bond donors (Lipinski definition) is 1. The van der Waals surface area contributed by atoms with E-state index in [0.29, 0.717) is 19.1 Å². The summed E-state index contributed by atoms with van der Waals surface area (Å²) in [4.78, 5) is 11.0. The van der Waals surface area contributed by atoms with E-state index in [1.165, 1.54) is 25.7 Å². The number of hydrogen-bond acceptors (Lipinski definition) is 2. The standard InChI is InChI=1S/C10H16O3/c11-9(12)10(6-13-7-10)5-8-3-1-2-4-8/h8H,1-7H2,(H,11,12). The van der Waals surface area contributed by atoms with Gasteiger partial charge in [-0.1, -0.05) is 25.7 Å². The summed E-state index contributed by atoms with van der Waals surface area (Å²) < 4.78 is 5.03. The van der Waals surface area contributed by atoms with Crippen LogP contribution in [0.4, 0.5) is 0 Å². The summed E-state index contributed by atoms with van der Waals surface area (Å²) in [6.45, 7) is 0.859. The zero-order chi connectivity index (χ0) is 9.31. The zero-order valence-electron chi connectivity index (χ0n) is 7.79. The monoisotopic (exact) mass is 184 g/mol. The van der Waals surface area contributed by atoms with Crippen LogP contribution in [-0.2, 0) is 9.53 Å². The maximum Gasteiger partial charge on any atom is 0.314 e. The number of carboxylic acid groups (broad SMARTS) is 1. The third kappa shape index (κ3) is 1.57. The zero-order valence-corrected chi connectivity index (χ0v) is 7.79. The summed E-state index contributed by atoms with van der Waals surface area (Å²) in [7, 11) is 0. The molecule has 0 unspecified atom stereocenters. The third-order valence-corrected chi connectivity index (χ3v) is 3.36. The third-order valence-electron chi connectivity index (χ3n) is 3.36. The van der Waals surface area contributed by atoms with E-state index >= 15 is 0 Å². The van der Waals surface area contributed by atoms with Crippen LogP contribution in [-0.4, -0.2) is 24.3 Å². The van der Waals surface area contributed by atoms with Crippen molar-refractivity contribution in [1.82, 2.24) is 0 Å². The van der Waals surface area contributed by atoms with E-state index in [4.69, 9.17) is 9.84 Å². The largest absolute Gasteiger partial charge is 0.481 e. The van der Waals surface area contributed by atoms with Gasteiger partial charge in [0.1, 0.15) is 5.41 Å². The normalized spacial score (nSPS) is 27.1. The highest BCUT2D eigenvalue weighted by atomic mass is 16.5. The lowest BCUT2D eigenvalue weighted by Gasteiger charge is -2.39. The summed E-state index contributed by atoms with van der Waals surface area (Å²) in [5.74, 6) is -0.0225. The molecule has 13 heavy (non-hydrogen) atoms. The Kier molecular flexibility index (Phi) is 2.28. The molecular weight excluding hydrogens is 168 g/mol. The first-order valence-electron chi connectivity index (χ1n) is 5.04. The molecule has 0 atom stereocenters. The maximum absolute atomic E-state index is 11.0. The van der Waals surface area contributed by atoms with E-state index in [2.05, 4.69) is 0 Å². The summed E-state index contributed by atoms with van der Waals surface area (Å²) in [5.41, 5.74) is -0.519. The molecule has 0 aromatic carbocycles. The van der Waals surface area contributed by atoms with Crippen LogP contribution in [0.3, 0.4) is 0 Å². The lowest BCUT2D eigenvalue weighted by atomic mass is 9.77. The molecule has 0 aromatic heterocycles. The Morgan fingerprint density at radius 3 is 2.38 bits per heavy atom. The number of ether oxygens (including phenoxy) is 1. The van der Waals surface area contributed by atoms with Crippen molar-refractivity contribution in [2.75, 3.05) is 13.2 Å². The van der Waals surface area contributed by atoms with Gasteiger partial charge in [0.15, 0.2) is 0 Å². The minimum absolute atomic E-state index is 0.429. The fraction of sp³-hybridized carbons (Fsp3) is 0.900. The topological polar surface area (TPSA) is 46.5 Å². The van der Waals surface area contributed by atoms with Crippen LogP contribution < -0.4 is 0 Å². The van der Waals surface area contributed by atoms with Crippen molar-refractivity contribution in [2.45, 2.75) is 32.1 Å². The minimum atomic E-state index is -0.661. The molecule has 0 bridgehead atoms. The Hall–Kier alpha value is -0.570. The molecule has 74 valence electrons. The number of aliphatic carboxylic acids is 1. The van der Waals surface area contributed by atoms with Crippen LogP contribution in [0.25, 0.3) is 0 Å². The molecule has 2 fully saturated rings. The highest BCUT2D eigenvalue weighted by molar-refractivity contribution is 5.75. The lowest BCUT2D eigenvalue weighted by Crippen LogP contribution is -2.50. The minimum Gasteiger partial charge on any atom is -0.481 e. The van der Waals surface area contributed by atoms with E-state index in [1.807, 2.05) is 0 Å². The molecule has 0 aromatic rings. The Bertz CT molecular complexity index is 202. The van der Waals surface area contributed by atoms with Crippen molar-refractivity contribution < 1.29 is 14.6 Å². The van der Waals surface area contributed by atoms with Crippen LogP contribution >= 0.6 is 0 Å². The molecular formula is C10H16O3. The van der Waals surface area contributed by atoms with Gasteiger partial charge < -0.3 is 9.84 Å². The second-order valence-electron chi connectivity index (χ2n) is 4.43. The first-order chi connectivity index (χ1) is 6.23. The van der Waals surface area contributed by atoms with E-state index < -0.39 is 11.4 Å². The second-order valence-corrected chi connectivity index (χ2v) is 4.43. The van der Waals surface area contributed by atoms with Crippen LogP contribution in [0.2, 0.25) is 0 Å². The highest BCUT2D eigenvalue weighted by Gasteiger charge is 2.47. The number of rotatable bonds is 3. The van der Waals surface area contributed by atoms with Gasteiger partial charge in [0, 0.05) is 0 Å². The molecule has 0 spiro atoms. The molecule has 3 heteroatoms. The van der Waals surface area contributed by atoms with Gasteiger partial charge in [-0.05, 0) is 12.3 Å². The molecule has 2 rings (SSSR count). The summed E-state index contributed by atoms with van der Waals surface area (Å²) in [5, 5.41) is 9.06. The Labute approximate surface area is 78.1 Å². The van der Waals surface area contributed by atoms with E-state index in [1.54, 1.807) is 0 Å². The smallest absolute Gasteiger partial charge is 0.314 e. The fourth-order valence-corrected chi connectivity index (χ4v) is 2.44. The maximum atomic E-state index is 11.0. The van der Waals surface area contributed by atoms with E-state index in [-0.39, 0.29) is 0 Å². The van der Waals surface area contributed by atoms with Crippen LogP contribution in [0, 0.1) is 11.3 Å². The lowest BCUT2D eigenvalue weighted by molar-refractivity contribution is -0.183. The van der Waals surface area contributed by atoms with Gasteiger partial charge in [0.05, 0.1) is 13.2 Å². The van der Waals surface area contributed by atoms with Crippen molar-refractivity contribution in [3.8, 4) is 0 Å². The summed E-state index contributed by atoms with van der Waals surface area (Å²) >= 11 is 0. The first kappa shape index (κ1) is 9.00. The predicted octanol–water partition coefficient (Wildman–Crippen LogP) is 1.67. The quantitative estimate of drug-likeness (QED) is 0.725. The predicted molar refractivity (Wildman–Crippen MR) is 47.5 cm³/mol. The average molecular weight is 184 g/mol. The van der Waals surface area contributed by atoms with Gasteiger partial charge in [-0.3, -0.25) is 4.79 Å². The van der Waals surface area contributed by atoms with Crippen LogP contribution in [0.5, 0.6) is 0 Å². The SMILES string of the molecule is O=C(O)C1(CC2CCCC2)COC1. The Morgan fingerprint density at radius 1 is 1.38 bits per heavy atom. The van der Waals surface area contributed by atoms with E-state index in [9.17, 15) is 4.79 Å². The number of carbonyl (C=O) groups is 1. The van der Waals surface area contributed by atoms with Crippen molar-refractivity contribution in [1.29, 1.82) is 0 Å². The fourth-order valence-electron chi connectivity index (χ4n) is 2.44. The Morgan fingerprint density at radius 2 is 2.00 bits per heavy atom. The first-order valence-corrected chi connectivity index (χ1v) is 5.04. The molecule has 1 N–H and O–H groups in total. The molecule has 1 saturated heterocycles. The van der Waals surface area contributed by atoms with Gasteiger partial charge in [0.2, 0.25) is 0 Å². The molecule has 0 amide bonds. The van der Waals surface area contributed by atoms with Gasteiger partial charge in [-0.2, -0.15) is 0 Å². The molecule has 1 saturated carbocycles. The average Bonchev–Trinajstić information content (AvgIpc) is 2.47. The molecule has 0 radical (unpaired) electrons. The Balaban J connectivity index is 1.93. The van der Waals surface area contributed by atoms with Crippen molar-refractivity contribution in [2.24, 2.45) is 11.3 Å². The van der Waals surface area contributed by atoms with Crippen LogP contribution in [0.15, 0.2) is 0 Å². The van der Waals surface area contributed by atoms with Gasteiger partial charge in [-0.15, -0.1) is 0 Å². The van der Waals surface area contributed by atoms with Gasteiger partial charge in [-0.25, -0.2) is 0 Å². The van der Waals surface area contributed by atoms with Gasteiger partial charge >= 0.3 is 5.97 Å². The van der Waals surface area contributed by atoms with Crippen molar-refractivity contribution in [3.05, 3.63) is 0 Å². The highest BCUT2D eigenvalue weighted by Crippen LogP contribution is 2.40. The summed E-state index contributed by atoms with van der Waals surface area (Å²) in [6, 6.07) is 0. The molecule has 1 heterocycles. The van der Waals surface area contributed by atoms with Crippen molar-refractivity contribution in [3.63, 3.8) is 0 Å². The molecule has 3 nitrogen and oxygen atoms in total. The van der Waals surface area contributed by atoms with Crippen molar-refractivity contribution >= 4 is 5.97 Å². The molecule has 1 aliphatic heterocycles. The molecule has 2 aliphatic rings.